The van der Waals surface area contributed by atoms with E-state index in [0.717, 1.165) is 11.3 Å². The number of amides is 1. The number of nitrogens with zero attached hydrogens (tertiary/aromatic N) is 2. The lowest BCUT2D eigenvalue weighted by atomic mass is 10.3. The summed E-state index contributed by atoms with van der Waals surface area (Å²) in [5.74, 6) is -0.724. The van der Waals surface area contributed by atoms with Gasteiger partial charge < -0.3 is 9.47 Å². The van der Waals surface area contributed by atoms with Gasteiger partial charge in [0.15, 0.2) is 16.6 Å². The van der Waals surface area contributed by atoms with Gasteiger partial charge in [0.2, 0.25) is 5.91 Å². The van der Waals surface area contributed by atoms with E-state index in [1.54, 1.807) is 41.8 Å². The molecule has 3 aromatic rings. The summed E-state index contributed by atoms with van der Waals surface area (Å²) >= 11 is 1.16. The number of halogens is 1. The SMILES string of the molecule is CCOc1ccccc1OC(=O)/C=C/c1csc(N(C(C)=O)c2ccccc2F)n1. The highest BCUT2D eigenvalue weighted by Crippen LogP contribution is 2.31. The Morgan fingerprint density at radius 3 is 2.53 bits per heavy atom. The number of rotatable bonds is 7. The van der Waals surface area contributed by atoms with Crippen molar-refractivity contribution in [3.63, 3.8) is 0 Å². The molecule has 154 valence electrons. The van der Waals surface area contributed by atoms with Gasteiger partial charge in [-0.1, -0.05) is 24.3 Å². The largest absolute Gasteiger partial charge is 0.490 e. The van der Waals surface area contributed by atoms with E-state index in [1.807, 2.05) is 6.92 Å². The van der Waals surface area contributed by atoms with Crippen LogP contribution in [0.5, 0.6) is 11.5 Å². The quantitative estimate of drug-likeness (QED) is 0.303. The van der Waals surface area contributed by atoms with Crippen molar-refractivity contribution in [2.45, 2.75) is 13.8 Å². The summed E-state index contributed by atoms with van der Waals surface area (Å²) in [6, 6.07) is 12.8. The minimum atomic E-state index is -0.603. The average Bonchev–Trinajstić information content (AvgIpc) is 3.18. The lowest BCUT2D eigenvalue weighted by Gasteiger charge is -2.18. The second-order valence-electron chi connectivity index (χ2n) is 5.99. The van der Waals surface area contributed by atoms with Gasteiger partial charge in [-0.2, -0.15) is 0 Å². The molecule has 0 aliphatic rings. The smallest absolute Gasteiger partial charge is 0.336 e. The van der Waals surface area contributed by atoms with Gasteiger partial charge >= 0.3 is 5.97 Å². The van der Waals surface area contributed by atoms with Crippen LogP contribution in [0.1, 0.15) is 19.5 Å². The van der Waals surface area contributed by atoms with Gasteiger partial charge in [0.25, 0.3) is 0 Å². The molecule has 8 heteroatoms. The molecular formula is C22H19FN2O4S. The van der Waals surface area contributed by atoms with Crippen molar-refractivity contribution in [1.82, 2.24) is 4.98 Å². The zero-order valence-corrected chi connectivity index (χ0v) is 17.2. The van der Waals surface area contributed by atoms with Gasteiger partial charge in [-0.05, 0) is 37.3 Å². The molecule has 0 bridgehead atoms. The second-order valence-corrected chi connectivity index (χ2v) is 6.83. The van der Waals surface area contributed by atoms with Gasteiger partial charge in [0.1, 0.15) is 5.82 Å². The summed E-state index contributed by atoms with van der Waals surface area (Å²) in [5.41, 5.74) is 0.550. The third kappa shape index (κ3) is 5.09. The highest BCUT2D eigenvalue weighted by molar-refractivity contribution is 7.14. The summed E-state index contributed by atoms with van der Waals surface area (Å²) in [7, 11) is 0. The van der Waals surface area contributed by atoms with Gasteiger partial charge in [-0.3, -0.25) is 9.69 Å². The number of anilines is 2. The molecular weight excluding hydrogens is 407 g/mol. The third-order valence-corrected chi connectivity index (χ3v) is 4.70. The predicted octanol–water partition coefficient (Wildman–Crippen LogP) is 4.98. The fourth-order valence-corrected chi connectivity index (χ4v) is 3.45. The molecule has 0 unspecified atom stereocenters. The van der Waals surface area contributed by atoms with Crippen molar-refractivity contribution in [2.75, 3.05) is 11.5 Å². The number of carbonyl (C=O) groups is 2. The molecule has 0 atom stereocenters. The van der Waals surface area contributed by atoms with Crippen LogP contribution in [-0.4, -0.2) is 23.5 Å². The van der Waals surface area contributed by atoms with E-state index in [-0.39, 0.29) is 11.6 Å². The Hall–Kier alpha value is -3.52. The summed E-state index contributed by atoms with van der Waals surface area (Å²) in [6.07, 6.45) is 2.69. The summed E-state index contributed by atoms with van der Waals surface area (Å²) < 4.78 is 24.9. The topological polar surface area (TPSA) is 68.7 Å². The number of hydrogen-bond acceptors (Lipinski definition) is 6. The first kappa shape index (κ1) is 21.2. The number of esters is 1. The maximum Gasteiger partial charge on any atom is 0.336 e. The number of hydrogen-bond donors (Lipinski definition) is 0. The number of benzene rings is 2. The van der Waals surface area contributed by atoms with Gasteiger partial charge in [-0.25, -0.2) is 14.2 Å². The molecule has 1 amide bonds. The summed E-state index contributed by atoms with van der Waals surface area (Å²) in [4.78, 5) is 29.7. The lowest BCUT2D eigenvalue weighted by Crippen LogP contribution is -2.23. The van der Waals surface area contributed by atoms with Crippen LogP contribution in [0, 0.1) is 5.82 Å². The normalized spacial score (nSPS) is 10.8. The van der Waals surface area contributed by atoms with Crippen molar-refractivity contribution in [3.8, 4) is 11.5 Å². The van der Waals surface area contributed by atoms with Gasteiger partial charge in [0, 0.05) is 18.4 Å². The summed E-state index contributed by atoms with van der Waals surface area (Å²) in [6.45, 7) is 3.61. The molecule has 0 radical (unpaired) electrons. The lowest BCUT2D eigenvalue weighted by molar-refractivity contribution is -0.129. The molecule has 2 aromatic carbocycles. The monoisotopic (exact) mass is 426 g/mol. The van der Waals surface area contributed by atoms with Gasteiger partial charge in [0.05, 0.1) is 18.0 Å². The zero-order valence-electron chi connectivity index (χ0n) is 16.4. The molecule has 0 fully saturated rings. The van der Waals surface area contributed by atoms with Crippen molar-refractivity contribution >= 4 is 40.1 Å². The molecule has 30 heavy (non-hydrogen) atoms. The molecule has 1 heterocycles. The van der Waals surface area contributed by atoms with E-state index in [4.69, 9.17) is 9.47 Å². The van der Waals surface area contributed by atoms with E-state index < -0.39 is 11.8 Å². The zero-order chi connectivity index (χ0) is 21.5. The van der Waals surface area contributed by atoms with Crippen LogP contribution >= 0.6 is 11.3 Å². The Morgan fingerprint density at radius 2 is 1.83 bits per heavy atom. The average molecular weight is 426 g/mol. The minimum absolute atomic E-state index is 0.113. The van der Waals surface area contributed by atoms with Crippen LogP contribution in [0.2, 0.25) is 0 Å². The molecule has 3 rings (SSSR count). The highest BCUT2D eigenvalue weighted by atomic mass is 32.1. The van der Waals surface area contributed by atoms with E-state index in [9.17, 15) is 14.0 Å². The van der Waals surface area contributed by atoms with Crippen LogP contribution in [-0.2, 0) is 9.59 Å². The van der Waals surface area contributed by atoms with Crippen molar-refractivity contribution in [1.29, 1.82) is 0 Å². The molecule has 0 spiro atoms. The first-order valence-corrected chi connectivity index (χ1v) is 10.00. The minimum Gasteiger partial charge on any atom is -0.490 e. The van der Waals surface area contributed by atoms with Crippen LogP contribution in [0.3, 0.4) is 0 Å². The molecule has 6 nitrogen and oxygen atoms in total. The predicted molar refractivity (Wildman–Crippen MR) is 114 cm³/mol. The van der Waals surface area contributed by atoms with Crippen LogP contribution in [0.25, 0.3) is 6.08 Å². The first-order valence-electron chi connectivity index (χ1n) is 9.12. The number of carbonyl (C=O) groups excluding carboxylic acids is 2. The number of aromatic nitrogens is 1. The molecule has 0 saturated heterocycles. The Bertz CT molecular complexity index is 1080. The number of ether oxygens (including phenoxy) is 2. The Morgan fingerprint density at radius 1 is 1.13 bits per heavy atom. The Kier molecular flexibility index (Phi) is 6.92. The molecule has 0 N–H and O–H groups in total. The van der Waals surface area contributed by atoms with E-state index >= 15 is 0 Å². The van der Waals surface area contributed by atoms with Crippen LogP contribution < -0.4 is 14.4 Å². The number of para-hydroxylation sites is 3. The Balaban J connectivity index is 1.74. The maximum atomic E-state index is 14.1. The second kappa shape index (κ2) is 9.80. The summed E-state index contributed by atoms with van der Waals surface area (Å²) in [5, 5.41) is 1.95. The molecule has 0 aliphatic carbocycles. The fraction of sp³-hybridized carbons (Fsp3) is 0.136. The first-order chi connectivity index (χ1) is 14.5. The Labute approximate surface area is 177 Å². The van der Waals surface area contributed by atoms with Crippen LogP contribution in [0.4, 0.5) is 15.2 Å². The van der Waals surface area contributed by atoms with Crippen molar-refractivity contribution in [3.05, 3.63) is 71.5 Å². The van der Waals surface area contributed by atoms with Crippen molar-refractivity contribution < 1.29 is 23.5 Å². The maximum absolute atomic E-state index is 14.1. The molecule has 0 aliphatic heterocycles. The van der Waals surface area contributed by atoms with E-state index in [2.05, 4.69) is 4.98 Å². The highest BCUT2D eigenvalue weighted by Gasteiger charge is 2.20. The molecule has 1 aromatic heterocycles. The van der Waals surface area contributed by atoms with Gasteiger partial charge in [-0.15, -0.1) is 11.3 Å². The standard InChI is InChI=1S/C22H19FN2O4S/c1-3-28-19-10-6-7-11-20(19)29-21(27)13-12-16-14-30-22(24-16)25(15(2)26)18-9-5-4-8-17(18)23/h4-14H,3H2,1-2H3/b13-12+. The van der Waals surface area contributed by atoms with Crippen molar-refractivity contribution in [2.24, 2.45) is 0 Å². The molecule has 0 saturated carbocycles. The van der Waals surface area contributed by atoms with E-state index in [0.29, 0.717) is 28.9 Å². The van der Waals surface area contributed by atoms with Crippen LogP contribution in [0.15, 0.2) is 60.0 Å². The van der Waals surface area contributed by atoms with E-state index in [1.165, 1.54) is 36.1 Å². The fourth-order valence-electron chi connectivity index (χ4n) is 2.60. The number of thiazole rings is 1. The third-order valence-electron chi connectivity index (χ3n) is 3.86.